The molecule has 0 saturated heterocycles. The summed E-state index contributed by atoms with van der Waals surface area (Å²) in [7, 11) is 0. The van der Waals surface area contributed by atoms with E-state index in [2.05, 4.69) is 6.92 Å². The van der Waals surface area contributed by atoms with E-state index >= 15 is 0 Å². The first-order chi connectivity index (χ1) is 2.73. The van der Waals surface area contributed by atoms with E-state index < -0.39 is 5.97 Å². The second-order valence-corrected chi connectivity index (χ2v) is 0.492. The molecule has 0 aromatic carbocycles. The zero-order valence-corrected chi connectivity index (χ0v) is 5.48. The van der Waals surface area contributed by atoms with Crippen molar-refractivity contribution in [2.45, 2.75) is 13.8 Å². The molecule has 0 aromatic rings. The SMILES string of the molecule is CC(=O)[O-].[CH2-]C.[Fe+2]. The van der Waals surface area contributed by atoms with Crippen molar-refractivity contribution in [3.05, 3.63) is 6.92 Å². The molecule has 0 aromatic heterocycles. The Bertz CT molecular complexity index is 32.7. The first-order valence-electron chi connectivity index (χ1n) is 1.62. The normalized spacial score (nSPS) is 4.43. The van der Waals surface area contributed by atoms with E-state index in [9.17, 15) is 0 Å². The second kappa shape index (κ2) is 16.7. The van der Waals surface area contributed by atoms with Gasteiger partial charge in [0.1, 0.15) is 0 Å². The molecule has 0 heterocycles. The van der Waals surface area contributed by atoms with E-state index in [1.165, 1.54) is 0 Å². The van der Waals surface area contributed by atoms with Gasteiger partial charge in [-0.05, 0) is 6.92 Å². The Kier molecular flexibility index (Phi) is 37.5. The van der Waals surface area contributed by atoms with Crippen molar-refractivity contribution in [3.8, 4) is 0 Å². The average Bonchev–Trinajstić information content (AvgIpc) is 1.41. The van der Waals surface area contributed by atoms with Gasteiger partial charge in [0.25, 0.3) is 0 Å². The van der Waals surface area contributed by atoms with E-state index in [0.29, 0.717) is 0 Å². The molecule has 0 unspecified atom stereocenters. The van der Waals surface area contributed by atoms with E-state index in [4.69, 9.17) is 9.90 Å². The molecule has 0 fully saturated rings. The molecule has 0 aliphatic rings. The smallest absolute Gasteiger partial charge is 0.550 e. The fraction of sp³-hybridized carbons (Fsp3) is 0.500. The molecule has 0 N–H and O–H groups in total. The number of carbonyl (C=O) groups excluding carboxylic acids is 1. The summed E-state index contributed by atoms with van der Waals surface area (Å²) in [5.74, 6) is -1.08. The van der Waals surface area contributed by atoms with Gasteiger partial charge in [-0.15, -0.1) is 0 Å². The molecular formula is C4H8FeO2. The Labute approximate surface area is 54.4 Å². The van der Waals surface area contributed by atoms with Crippen LogP contribution in [0.25, 0.3) is 0 Å². The van der Waals surface area contributed by atoms with Crippen molar-refractivity contribution < 1.29 is 27.0 Å². The molecule has 0 aliphatic carbocycles. The molecule has 3 heteroatoms. The minimum absolute atomic E-state index is 0. The molecule has 2 nitrogen and oxygen atoms in total. The zero-order chi connectivity index (χ0) is 5.58. The van der Waals surface area contributed by atoms with E-state index in [0.717, 1.165) is 6.92 Å². The fourth-order valence-corrected chi connectivity index (χ4v) is 0. The van der Waals surface area contributed by atoms with Crippen molar-refractivity contribution in [2.75, 3.05) is 0 Å². The van der Waals surface area contributed by atoms with Crippen LogP contribution in [-0.2, 0) is 21.9 Å². The summed E-state index contributed by atoms with van der Waals surface area (Å²) >= 11 is 0. The second-order valence-electron chi connectivity index (χ2n) is 0.492. The van der Waals surface area contributed by atoms with Crippen molar-refractivity contribution >= 4 is 5.97 Å². The Hall–Kier alpha value is -0.0105. The van der Waals surface area contributed by atoms with Gasteiger partial charge in [0, 0.05) is 5.97 Å². The van der Waals surface area contributed by atoms with Crippen LogP contribution in [-0.4, -0.2) is 5.97 Å². The number of hydrogen-bond acceptors (Lipinski definition) is 2. The largest absolute Gasteiger partial charge is 2.00 e. The first kappa shape index (κ1) is 15.8. The third kappa shape index (κ3) is 861000. The summed E-state index contributed by atoms with van der Waals surface area (Å²) in [5, 5.41) is 8.89. The van der Waals surface area contributed by atoms with Crippen LogP contribution < -0.4 is 5.11 Å². The fourth-order valence-electron chi connectivity index (χ4n) is 0. The third-order valence-corrected chi connectivity index (χ3v) is 0. The summed E-state index contributed by atoms with van der Waals surface area (Å²) in [6.07, 6.45) is 0. The van der Waals surface area contributed by atoms with Crippen LogP contribution >= 0.6 is 0 Å². The van der Waals surface area contributed by atoms with Gasteiger partial charge >= 0.3 is 17.1 Å². The van der Waals surface area contributed by atoms with Gasteiger partial charge in [-0.2, -0.15) is 6.92 Å². The monoisotopic (exact) mass is 144 g/mol. The van der Waals surface area contributed by atoms with Crippen molar-refractivity contribution in [2.24, 2.45) is 0 Å². The summed E-state index contributed by atoms with van der Waals surface area (Å²) in [6.45, 7) is 5.97. The number of aliphatic carboxylic acids is 1. The summed E-state index contributed by atoms with van der Waals surface area (Å²) < 4.78 is 0. The zero-order valence-electron chi connectivity index (χ0n) is 4.38. The number of hydrogen-bond donors (Lipinski definition) is 0. The minimum Gasteiger partial charge on any atom is -0.550 e. The maximum absolute atomic E-state index is 8.89. The number of carbonyl (C=O) groups is 1. The van der Waals surface area contributed by atoms with Crippen molar-refractivity contribution in [3.63, 3.8) is 0 Å². The minimum atomic E-state index is -1.08. The number of carboxylic acids is 1. The molecule has 0 amide bonds. The Morgan fingerprint density at radius 3 is 1.57 bits per heavy atom. The van der Waals surface area contributed by atoms with E-state index in [-0.39, 0.29) is 17.1 Å². The maximum Gasteiger partial charge on any atom is 2.00 e. The quantitative estimate of drug-likeness (QED) is 0.342. The van der Waals surface area contributed by atoms with Crippen LogP contribution in [0.5, 0.6) is 0 Å². The molecular weight excluding hydrogens is 136 g/mol. The Morgan fingerprint density at radius 1 is 1.57 bits per heavy atom. The molecule has 0 radical (unpaired) electrons. The topological polar surface area (TPSA) is 40.1 Å². The molecule has 0 bridgehead atoms. The van der Waals surface area contributed by atoms with Crippen LogP contribution in [0.15, 0.2) is 0 Å². The third-order valence-electron chi connectivity index (χ3n) is 0. The Balaban J connectivity index is -0.0000000480. The van der Waals surface area contributed by atoms with Gasteiger partial charge in [-0.3, -0.25) is 0 Å². The van der Waals surface area contributed by atoms with Crippen molar-refractivity contribution in [1.82, 2.24) is 0 Å². The molecule has 0 aliphatic heterocycles. The summed E-state index contributed by atoms with van der Waals surface area (Å²) in [5.41, 5.74) is 0. The number of rotatable bonds is 0. The van der Waals surface area contributed by atoms with Gasteiger partial charge in [0.15, 0.2) is 0 Å². The first-order valence-corrected chi connectivity index (χ1v) is 1.62. The van der Waals surface area contributed by atoms with E-state index in [1.54, 1.807) is 6.92 Å². The van der Waals surface area contributed by atoms with Gasteiger partial charge in [0.2, 0.25) is 0 Å². The summed E-state index contributed by atoms with van der Waals surface area (Å²) in [6, 6.07) is 0. The molecule has 0 rings (SSSR count). The van der Waals surface area contributed by atoms with Gasteiger partial charge in [-0.25, -0.2) is 0 Å². The van der Waals surface area contributed by atoms with Crippen LogP contribution in [0, 0.1) is 6.92 Å². The average molecular weight is 144 g/mol. The van der Waals surface area contributed by atoms with Crippen LogP contribution in [0.3, 0.4) is 0 Å². The van der Waals surface area contributed by atoms with Crippen LogP contribution in [0.4, 0.5) is 0 Å². The van der Waals surface area contributed by atoms with Crippen LogP contribution in [0.2, 0.25) is 0 Å². The molecule has 0 atom stereocenters. The van der Waals surface area contributed by atoms with Crippen LogP contribution in [0.1, 0.15) is 13.8 Å². The molecule has 0 spiro atoms. The van der Waals surface area contributed by atoms with Gasteiger partial charge in [0.05, 0.1) is 0 Å². The standard InChI is InChI=1S/C2H4O2.C2H5.Fe/c1-2(3)4;1-2;/h1H3,(H,3,4);1H2,2H3;/q;-1;+2/p-1. The maximum atomic E-state index is 8.89. The molecule has 0 saturated carbocycles. The predicted octanol–water partition coefficient (Wildman–Crippen LogP) is -0.406. The van der Waals surface area contributed by atoms with Gasteiger partial charge in [-0.1, -0.05) is 0 Å². The van der Waals surface area contributed by atoms with E-state index in [1.807, 2.05) is 0 Å². The molecule has 44 valence electrons. The predicted molar refractivity (Wildman–Crippen MR) is 21.7 cm³/mol. The summed E-state index contributed by atoms with van der Waals surface area (Å²) in [4.78, 5) is 8.89. The number of carboxylic acid groups (broad SMARTS) is 1. The van der Waals surface area contributed by atoms with Gasteiger partial charge < -0.3 is 16.8 Å². The molecule has 7 heavy (non-hydrogen) atoms. The van der Waals surface area contributed by atoms with Crippen molar-refractivity contribution in [1.29, 1.82) is 0 Å². The Morgan fingerprint density at radius 2 is 1.57 bits per heavy atom.